The van der Waals surface area contributed by atoms with Gasteiger partial charge in [-0.1, -0.05) is 12.1 Å². The number of anilines is 1. The molecular weight excluding hydrogens is 457 g/mol. The van der Waals surface area contributed by atoms with Crippen molar-refractivity contribution in [3.63, 3.8) is 0 Å². The zero-order chi connectivity index (χ0) is 23.6. The smallest absolute Gasteiger partial charge is 0.469 e. The number of aliphatic hydroxyl groups is 2. The van der Waals surface area contributed by atoms with Crippen molar-refractivity contribution < 1.29 is 38.6 Å². The lowest BCUT2D eigenvalue weighted by atomic mass is 10.1. The average Bonchev–Trinajstić information content (AvgIpc) is 3.33. The second kappa shape index (κ2) is 9.69. The Morgan fingerprint density at radius 1 is 1.15 bits per heavy atom. The van der Waals surface area contributed by atoms with Gasteiger partial charge in [-0.25, -0.2) is 19.5 Å². The Labute approximate surface area is 188 Å². The Hall–Kier alpha value is -2.64. The molecule has 0 unspecified atom stereocenters. The summed E-state index contributed by atoms with van der Waals surface area (Å²) < 4.78 is 27.8. The second-order valence-electron chi connectivity index (χ2n) is 7.31. The molecule has 2 aromatic heterocycles. The van der Waals surface area contributed by atoms with Crippen LogP contribution in [0.4, 0.5) is 5.82 Å². The Morgan fingerprint density at radius 2 is 1.91 bits per heavy atom. The molecule has 178 valence electrons. The van der Waals surface area contributed by atoms with E-state index in [2.05, 4.69) is 24.8 Å². The third-order valence-corrected chi connectivity index (χ3v) is 5.56. The van der Waals surface area contributed by atoms with Crippen molar-refractivity contribution in [1.82, 2.24) is 19.5 Å². The number of fused-ring (bicyclic) bond motifs is 1. The Kier molecular flexibility index (Phi) is 6.91. The zero-order valence-electron chi connectivity index (χ0n) is 17.6. The number of hydrogen-bond acceptors (Lipinski definition) is 10. The van der Waals surface area contributed by atoms with Crippen molar-refractivity contribution in [2.75, 3.05) is 18.5 Å². The Morgan fingerprint density at radius 3 is 2.61 bits per heavy atom. The van der Waals surface area contributed by atoms with Crippen LogP contribution in [0.5, 0.6) is 5.75 Å². The molecular formula is C19H24N5O8P. The molecule has 3 aromatic rings. The molecule has 0 aliphatic carbocycles. The van der Waals surface area contributed by atoms with Crippen LogP contribution in [0.3, 0.4) is 0 Å². The van der Waals surface area contributed by atoms with Crippen molar-refractivity contribution in [1.29, 1.82) is 0 Å². The van der Waals surface area contributed by atoms with E-state index in [1.54, 1.807) is 0 Å². The molecule has 33 heavy (non-hydrogen) atoms. The minimum atomic E-state index is -4.76. The predicted molar refractivity (Wildman–Crippen MR) is 114 cm³/mol. The molecule has 1 aliphatic heterocycles. The van der Waals surface area contributed by atoms with Crippen LogP contribution in [0.1, 0.15) is 18.7 Å². The Balaban J connectivity index is 1.49. The topological polar surface area (TPSA) is 181 Å². The SMILES string of the molecule is CCOc1ccc(CNc2ncnc3c2ncn3[C@@H]2O[C@H](COP(=O)(O)O)[C@@H](O)[C@H]2O)cc1. The van der Waals surface area contributed by atoms with Gasteiger partial charge in [-0.15, -0.1) is 0 Å². The summed E-state index contributed by atoms with van der Waals surface area (Å²) in [6, 6.07) is 7.61. The van der Waals surface area contributed by atoms with Crippen molar-refractivity contribution in [3.8, 4) is 5.75 Å². The van der Waals surface area contributed by atoms with E-state index in [0.29, 0.717) is 30.1 Å². The number of nitrogens with one attached hydrogen (secondary N) is 1. The number of phosphoric acid groups is 1. The van der Waals surface area contributed by atoms with E-state index in [1.165, 1.54) is 17.2 Å². The van der Waals surface area contributed by atoms with Crippen LogP contribution in [0.15, 0.2) is 36.9 Å². The molecule has 0 spiro atoms. The van der Waals surface area contributed by atoms with Crippen LogP contribution in [-0.4, -0.2) is 71.0 Å². The van der Waals surface area contributed by atoms with Crippen LogP contribution < -0.4 is 10.1 Å². The van der Waals surface area contributed by atoms with E-state index in [1.807, 2.05) is 31.2 Å². The van der Waals surface area contributed by atoms with Crippen LogP contribution in [-0.2, 0) is 20.4 Å². The summed E-state index contributed by atoms with van der Waals surface area (Å²) in [7, 11) is -4.76. The minimum absolute atomic E-state index is 0.340. The van der Waals surface area contributed by atoms with Gasteiger partial charge >= 0.3 is 7.82 Å². The lowest BCUT2D eigenvalue weighted by Gasteiger charge is -2.16. The maximum Gasteiger partial charge on any atom is 0.469 e. The summed E-state index contributed by atoms with van der Waals surface area (Å²) in [5.41, 5.74) is 1.76. The van der Waals surface area contributed by atoms with Gasteiger partial charge in [0.15, 0.2) is 23.2 Å². The normalized spacial score (nSPS) is 23.2. The summed E-state index contributed by atoms with van der Waals surface area (Å²) in [4.78, 5) is 30.5. The summed E-state index contributed by atoms with van der Waals surface area (Å²) in [6.45, 7) is 2.37. The number of nitrogens with zero attached hydrogens (tertiary/aromatic N) is 4. The molecule has 5 N–H and O–H groups in total. The largest absolute Gasteiger partial charge is 0.494 e. The molecule has 1 fully saturated rings. The number of aromatic nitrogens is 4. The number of hydrogen-bond donors (Lipinski definition) is 5. The van der Waals surface area contributed by atoms with Crippen molar-refractivity contribution in [3.05, 3.63) is 42.5 Å². The van der Waals surface area contributed by atoms with Crippen LogP contribution >= 0.6 is 7.82 Å². The van der Waals surface area contributed by atoms with Gasteiger partial charge in [-0.2, -0.15) is 0 Å². The van der Waals surface area contributed by atoms with E-state index in [0.717, 1.165) is 11.3 Å². The molecule has 0 amide bonds. The molecule has 1 saturated heterocycles. The minimum Gasteiger partial charge on any atom is -0.494 e. The monoisotopic (exact) mass is 481 g/mol. The van der Waals surface area contributed by atoms with E-state index in [4.69, 9.17) is 19.3 Å². The molecule has 0 bridgehead atoms. The fourth-order valence-corrected chi connectivity index (χ4v) is 3.83. The van der Waals surface area contributed by atoms with E-state index in [9.17, 15) is 14.8 Å². The van der Waals surface area contributed by atoms with Gasteiger partial charge in [0.2, 0.25) is 0 Å². The highest BCUT2D eigenvalue weighted by atomic mass is 31.2. The average molecular weight is 481 g/mol. The first-order valence-electron chi connectivity index (χ1n) is 10.1. The lowest BCUT2D eigenvalue weighted by Crippen LogP contribution is -2.33. The highest BCUT2D eigenvalue weighted by Gasteiger charge is 2.45. The van der Waals surface area contributed by atoms with Gasteiger partial charge in [0.05, 0.1) is 19.5 Å². The zero-order valence-corrected chi connectivity index (χ0v) is 18.4. The highest BCUT2D eigenvalue weighted by molar-refractivity contribution is 7.46. The van der Waals surface area contributed by atoms with Gasteiger partial charge in [0.25, 0.3) is 0 Å². The van der Waals surface area contributed by atoms with Crippen molar-refractivity contribution in [2.45, 2.75) is 38.0 Å². The lowest BCUT2D eigenvalue weighted by molar-refractivity contribution is -0.0504. The van der Waals surface area contributed by atoms with Gasteiger partial charge in [0.1, 0.15) is 30.4 Å². The first-order chi connectivity index (χ1) is 15.8. The number of aliphatic hydroxyl groups excluding tert-OH is 2. The molecule has 4 atom stereocenters. The first-order valence-corrected chi connectivity index (χ1v) is 11.6. The second-order valence-corrected chi connectivity index (χ2v) is 8.55. The summed E-state index contributed by atoms with van der Waals surface area (Å²) in [6.07, 6.45) is -2.37. The number of phosphoric ester groups is 1. The number of rotatable bonds is 9. The highest BCUT2D eigenvalue weighted by Crippen LogP contribution is 2.39. The van der Waals surface area contributed by atoms with Gasteiger partial charge in [0, 0.05) is 6.54 Å². The molecule has 1 aromatic carbocycles. The fraction of sp³-hybridized carbons (Fsp3) is 0.421. The molecule has 4 rings (SSSR count). The van der Waals surface area contributed by atoms with Crippen molar-refractivity contribution in [2.24, 2.45) is 0 Å². The van der Waals surface area contributed by atoms with Crippen LogP contribution in [0.2, 0.25) is 0 Å². The molecule has 13 nitrogen and oxygen atoms in total. The van der Waals surface area contributed by atoms with Crippen molar-refractivity contribution >= 4 is 24.8 Å². The third-order valence-electron chi connectivity index (χ3n) is 5.07. The summed E-state index contributed by atoms with van der Waals surface area (Å²) >= 11 is 0. The van der Waals surface area contributed by atoms with E-state index in [-0.39, 0.29) is 0 Å². The third kappa shape index (κ3) is 5.31. The van der Waals surface area contributed by atoms with Gasteiger partial charge in [-0.05, 0) is 24.6 Å². The first kappa shape index (κ1) is 23.5. The number of imidazole rings is 1. The van der Waals surface area contributed by atoms with Gasteiger partial charge in [-0.3, -0.25) is 9.09 Å². The summed E-state index contributed by atoms with van der Waals surface area (Å²) in [5.74, 6) is 1.24. The Bertz CT molecular complexity index is 1140. The fourth-order valence-electron chi connectivity index (χ4n) is 3.49. The molecule has 0 saturated carbocycles. The predicted octanol–water partition coefficient (Wildman–Crippen LogP) is 0.566. The number of benzene rings is 1. The molecule has 3 heterocycles. The molecule has 14 heteroatoms. The molecule has 0 radical (unpaired) electrons. The maximum absolute atomic E-state index is 10.9. The number of ether oxygens (including phenoxy) is 2. The summed E-state index contributed by atoms with van der Waals surface area (Å²) in [5, 5.41) is 23.8. The standard InChI is InChI=1S/C19H24N5O8P/c1-2-30-12-5-3-11(4-6-12)7-20-17-14-18(22-9-21-17)24(10-23-14)19-16(26)15(25)13(32-19)8-31-33(27,28)29/h3-6,9-10,13,15-16,19,25-26H,2,7-8H2,1H3,(H,20,21,22)(H2,27,28,29)/t13-,15-,16-,19-/m1/s1. The quantitative estimate of drug-likeness (QED) is 0.268. The van der Waals surface area contributed by atoms with E-state index < -0.39 is 39.0 Å². The van der Waals surface area contributed by atoms with Gasteiger partial charge < -0.3 is 34.8 Å². The van der Waals surface area contributed by atoms with Crippen LogP contribution in [0.25, 0.3) is 11.2 Å². The maximum atomic E-state index is 10.9. The molecule has 1 aliphatic rings. The van der Waals surface area contributed by atoms with E-state index >= 15 is 0 Å². The van der Waals surface area contributed by atoms with Crippen LogP contribution in [0, 0.1) is 0 Å².